The Kier molecular flexibility index (Phi) is 8.61. The van der Waals surface area contributed by atoms with Gasteiger partial charge in [-0.1, -0.05) is 29.3 Å². The van der Waals surface area contributed by atoms with Gasteiger partial charge in [-0.05, 0) is 35.9 Å². The molecule has 0 aliphatic carbocycles. The average molecular weight is 625 g/mol. The van der Waals surface area contributed by atoms with Gasteiger partial charge in [0.2, 0.25) is 10.0 Å². The highest BCUT2D eigenvalue weighted by Gasteiger charge is 2.43. The van der Waals surface area contributed by atoms with Crippen molar-refractivity contribution in [3.8, 4) is 0 Å². The summed E-state index contributed by atoms with van der Waals surface area (Å²) in [5.74, 6) is -2.75. The quantitative estimate of drug-likeness (QED) is 0.473. The molecule has 0 unspecified atom stereocenters. The van der Waals surface area contributed by atoms with Crippen LogP contribution < -0.4 is 0 Å². The summed E-state index contributed by atoms with van der Waals surface area (Å²) < 4.78 is 78.6. The molecule has 0 bridgehead atoms. The third-order valence-electron chi connectivity index (χ3n) is 7.25. The maximum atomic E-state index is 13.8. The lowest BCUT2D eigenvalue weighted by Gasteiger charge is -2.35. The van der Waals surface area contributed by atoms with Crippen LogP contribution in [0.25, 0.3) is 0 Å². The SMILES string of the molecule is CN(C(=O)c1ccc(F)c(C(F)(F)F)c1)[C@@H]1CN(C(=O)N2CCN(S(C)(=O)=O)CC2)C[C@H]1c1ccc(Cl)c(Cl)c1. The van der Waals surface area contributed by atoms with Gasteiger partial charge in [-0.15, -0.1) is 0 Å². The molecular formula is C25H26Cl2F4N4O4S. The fraction of sp³-hybridized carbons (Fsp3) is 0.440. The van der Waals surface area contributed by atoms with Gasteiger partial charge < -0.3 is 14.7 Å². The van der Waals surface area contributed by atoms with Gasteiger partial charge in [0, 0.05) is 57.8 Å². The van der Waals surface area contributed by atoms with E-state index in [1.807, 2.05) is 0 Å². The van der Waals surface area contributed by atoms with Crippen LogP contribution in [0.15, 0.2) is 36.4 Å². The first-order chi connectivity index (χ1) is 18.6. The van der Waals surface area contributed by atoms with E-state index >= 15 is 0 Å². The molecule has 0 aromatic heterocycles. The van der Waals surface area contributed by atoms with Crippen LogP contribution in [0.5, 0.6) is 0 Å². The Morgan fingerprint density at radius 2 is 1.60 bits per heavy atom. The number of likely N-dealkylation sites (N-methyl/N-ethyl adjacent to an activating group) is 1. The number of carbonyl (C=O) groups excluding carboxylic acids is 2. The van der Waals surface area contributed by atoms with E-state index in [1.165, 1.54) is 26.1 Å². The second-order valence-corrected chi connectivity index (χ2v) is 12.6. The summed E-state index contributed by atoms with van der Waals surface area (Å²) in [5.41, 5.74) is -1.25. The van der Waals surface area contributed by atoms with Gasteiger partial charge in [0.05, 0.1) is 27.9 Å². The molecule has 0 radical (unpaired) electrons. The van der Waals surface area contributed by atoms with Crippen LogP contribution in [0.2, 0.25) is 10.0 Å². The number of amides is 3. The summed E-state index contributed by atoms with van der Waals surface area (Å²) in [6, 6.07) is 5.90. The van der Waals surface area contributed by atoms with Gasteiger partial charge in [0.25, 0.3) is 5.91 Å². The fourth-order valence-corrected chi connectivity index (χ4v) is 6.18. The molecule has 0 spiro atoms. The molecule has 2 saturated heterocycles. The van der Waals surface area contributed by atoms with Crippen molar-refractivity contribution < 1.29 is 35.6 Å². The van der Waals surface area contributed by atoms with Gasteiger partial charge in [-0.2, -0.15) is 17.5 Å². The summed E-state index contributed by atoms with van der Waals surface area (Å²) >= 11 is 12.3. The number of hydrogen-bond acceptors (Lipinski definition) is 4. The normalized spacial score (nSPS) is 20.6. The van der Waals surface area contributed by atoms with Crippen molar-refractivity contribution >= 4 is 45.2 Å². The first-order valence-electron chi connectivity index (χ1n) is 12.2. The number of sulfonamides is 1. The number of carbonyl (C=O) groups is 2. The predicted molar refractivity (Wildman–Crippen MR) is 141 cm³/mol. The Morgan fingerprint density at radius 1 is 0.950 bits per heavy atom. The zero-order chi connectivity index (χ0) is 29.6. The highest BCUT2D eigenvalue weighted by Crippen LogP contribution is 2.36. The number of piperazine rings is 1. The summed E-state index contributed by atoms with van der Waals surface area (Å²) in [6.45, 7) is 0.837. The van der Waals surface area contributed by atoms with Crippen LogP contribution in [0, 0.1) is 5.82 Å². The summed E-state index contributed by atoms with van der Waals surface area (Å²) in [6.07, 6.45) is -3.89. The maximum Gasteiger partial charge on any atom is 0.419 e. The molecule has 2 fully saturated rings. The standard InChI is InChI=1S/C25H26Cl2F4N4O4S/c1-32(23(36)16-4-6-21(28)18(11-16)25(29,30)31)22-14-34(13-17(22)15-3-5-19(26)20(27)12-15)24(37)33-7-9-35(10-8-33)40(2,38)39/h3-6,11-12,17,22H,7-10,13-14H2,1-2H3/t17-,22+/m0/s1. The topological polar surface area (TPSA) is 81.2 Å². The number of nitrogens with zero attached hydrogens (tertiary/aromatic N) is 4. The molecule has 0 saturated carbocycles. The molecule has 2 aromatic rings. The first kappa shape index (κ1) is 30.4. The minimum Gasteiger partial charge on any atom is -0.336 e. The first-order valence-corrected chi connectivity index (χ1v) is 14.8. The molecule has 15 heteroatoms. The van der Waals surface area contributed by atoms with Crippen molar-refractivity contribution in [1.29, 1.82) is 0 Å². The molecule has 8 nitrogen and oxygen atoms in total. The Labute approximate surface area is 239 Å². The number of likely N-dealkylation sites (tertiary alicyclic amines) is 1. The third-order valence-corrected chi connectivity index (χ3v) is 9.29. The molecule has 2 atom stereocenters. The molecule has 2 aromatic carbocycles. The smallest absolute Gasteiger partial charge is 0.336 e. The molecule has 40 heavy (non-hydrogen) atoms. The Morgan fingerprint density at radius 3 is 2.17 bits per heavy atom. The number of alkyl halides is 3. The monoisotopic (exact) mass is 624 g/mol. The lowest BCUT2D eigenvalue weighted by Crippen LogP contribution is -2.53. The van der Waals surface area contributed by atoms with E-state index in [2.05, 4.69) is 0 Å². The number of benzene rings is 2. The van der Waals surface area contributed by atoms with Crippen molar-refractivity contribution in [2.75, 3.05) is 52.6 Å². The van der Waals surface area contributed by atoms with E-state index < -0.39 is 45.4 Å². The van der Waals surface area contributed by atoms with Crippen molar-refractivity contribution in [3.63, 3.8) is 0 Å². The zero-order valence-corrected chi connectivity index (χ0v) is 23.8. The maximum absolute atomic E-state index is 13.8. The lowest BCUT2D eigenvalue weighted by atomic mass is 9.93. The van der Waals surface area contributed by atoms with Crippen molar-refractivity contribution in [2.24, 2.45) is 0 Å². The Balaban J connectivity index is 1.60. The predicted octanol–water partition coefficient (Wildman–Crippen LogP) is 4.39. The largest absolute Gasteiger partial charge is 0.419 e. The van der Waals surface area contributed by atoms with Gasteiger partial charge in [-0.25, -0.2) is 17.6 Å². The number of rotatable bonds is 4. The van der Waals surface area contributed by atoms with Crippen molar-refractivity contribution in [2.45, 2.75) is 18.1 Å². The van der Waals surface area contributed by atoms with E-state index in [0.29, 0.717) is 22.7 Å². The number of hydrogen-bond donors (Lipinski definition) is 0. The van der Waals surface area contributed by atoms with Crippen LogP contribution in [0.3, 0.4) is 0 Å². The van der Waals surface area contributed by atoms with Crippen molar-refractivity contribution in [1.82, 2.24) is 19.0 Å². The number of urea groups is 1. The average Bonchev–Trinajstić information content (AvgIpc) is 3.33. The fourth-order valence-electron chi connectivity index (χ4n) is 5.05. The van der Waals surface area contributed by atoms with E-state index in [-0.39, 0.29) is 55.9 Å². The minimum atomic E-state index is -4.99. The van der Waals surface area contributed by atoms with Crippen molar-refractivity contribution in [3.05, 3.63) is 69.0 Å². The second-order valence-electron chi connectivity index (χ2n) is 9.79. The van der Waals surface area contributed by atoms with Gasteiger partial charge in [-0.3, -0.25) is 4.79 Å². The molecule has 3 amide bonds. The summed E-state index contributed by atoms with van der Waals surface area (Å²) in [5, 5.41) is 0.550. The molecule has 2 aliphatic heterocycles. The van der Waals surface area contributed by atoms with Gasteiger partial charge >= 0.3 is 12.2 Å². The van der Waals surface area contributed by atoms with Crippen LogP contribution in [0.4, 0.5) is 22.4 Å². The van der Waals surface area contributed by atoms with Crippen LogP contribution in [-0.4, -0.2) is 98.0 Å². The summed E-state index contributed by atoms with van der Waals surface area (Å²) in [4.78, 5) is 31.0. The molecular weight excluding hydrogens is 599 g/mol. The minimum absolute atomic E-state index is 0.0472. The van der Waals surface area contributed by atoms with E-state index in [1.54, 1.807) is 18.2 Å². The highest BCUT2D eigenvalue weighted by molar-refractivity contribution is 7.88. The Hall–Kier alpha value is -2.61. The van der Waals surface area contributed by atoms with E-state index in [9.17, 15) is 35.6 Å². The lowest BCUT2D eigenvalue weighted by molar-refractivity contribution is -0.140. The molecule has 4 rings (SSSR count). The summed E-state index contributed by atoms with van der Waals surface area (Å²) in [7, 11) is -1.99. The second kappa shape index (κ2) is 11.3. The van der Waals surface area contributed by atoms with E-state index in [0.717, 1.165) is 12.3 Å². The molecule has 2 heterocycles. The Bertz CT molecular complexity index is 1420. The highest BCUT2D eigenvalue weighted by atomic mass is 35.5. The molecule has 0 N–H and O–H groups in total. The van der Waals surface area contributed by atoms with Gasteiger partial charge in [0.15, 0.2) is 0 Å². The van der Waals surface area contributed by atoms with Crippen LogP contribution in [0.1, 0.15) is 27.4 Å². The third kappa shape index (κ3) is 6.32. The van der Waals surface area contributed by atoms with Crippen LogP contribution >= 0.6 is 23.2 Å². The molecule has 2 aliphatic rings. The molecule has 218 valence electrons. The van der Waals surface area contributed by atoms with Crippen LogP contribution in [-0.2, 0) is 16.2 Å². The zero-order valence-electron chi connectivity index (χ0n) is 21.5. The van der Waals surface area contributed by atoms with E-state index in [4.69, 9.17) is 23.2 Å². The number of halogens is 6. The van der Waals surface area contributed by atoms with Gasteiger partial charge in [0.1, 0.15) is 5.82 Å².